The second-order valence-electron chi connectivity index (χ2n) is 3.28. The largest absolute Gasteiger partial charge is 0.369 e. The van der Waals surface area contributed by atoms with Gasteiger partial charge >= 0.3 is 0 Å². The fourth-order valence-electron chi connectivity index (χ4n) is 1.24. The molecule has 0 amide bonds. The summed E-state index contributed by atoms with van der Waals surface area (Å²) in [7, 11) is 0. The van der Waals surface area contributed by atoms with Crippen LogP contribution in [0.1, 0.15) is 22.8 Å². The van der Waals surface area contributed by atoms with Crippen molar-refractivity contribution in [3.8, 4) is 0 Å². The van der Waals surface area contributed by atoms with Crippen molar-refractivity contribution in [3.05, 3.63) is 48.0 Å². The molecule has 0 bridgehead atoms. The molecule has 80 valence electrons. The summed E-state index contributed by atoms with van der Waals surface area (Å²) in [4.78, 5) is 11.6. The summed E-state index contributed by atoms with van der Waals surface area (Å²) in [5.74, 6) is 0.0134. The predicted octanol–water partition coefficient (Wildman–Crippen LogP) is 2.63. The van der Waals surface area contributed by atoms with Crippen molar-refractivity contribution in [3.63, 3.8) is 0 Å². The highest BCUT2D eigenvalue weighted by Crippen LogP contribution is 2.05. The molecule has 1 aromatic carbocycles. The van der Waals surface area contributed by atoms with Gasteiger partial charge in [-0.3, -0.25) is 4.79 Å². The number of ether oxygens (including phenoxy) is 1. The molecule has 1 rings (SSSR count). The molecule has 0 aliphatic heterocycles. The van der Waals surface area contributed by atoms with Crippen molar-refractivity contribution < 1.29 is 9.53 Å². The van der Waals surface area contributed by atoms with E-state index in [4.69, 9.17) is 4.74 Å². The van der Waals surface area contributed by atoms with Crippen LogP contribution >= 0.6 is 0 Å². The third kappa shape index (κ3) is 3.68. The first-order chi connectivity index (χ1) is 7.27. The monoisotopic (exact) mass is 204 g/mol. The summed E-state index contributed by atoms with van der Waals surface area (Å²) >= 11 is 0. The number of carbonyl (C=O) groups excluding carboxylic acids is 1. The second-order valence-corrected chi connectivity index (χ2v) is 3.28. The first-order valence-corrected chi connectivity index (χ1v) is 5.08. The highest BCUT2D eigenvalue weighted by Gasteiger charge is 2.04. The van der Waals surface area contributed by atoms with Gasteiger partial charge in [-0.15, -0.1) is 6.58 Å². The van der Waals surface area contributed by atoms with Gasteiger partial charge < -0.3 is 4.74 Å². The Morgan fingerprint density at radius 2 is 2.07 bits per heavy atom. The Bertz CT molecular complexity index is 325. The molecule has 0 unspecified atom stereocenters. The predicted molar refractivity (Wildman–Crippen MR) is 61.2 cm³/mol. The van der Waals surface area contributed by atoms with Crippen LogP contribution in [-0.2, 0) is 11.2 Å². The van der Waals surface area contributed by atoms with Gasteiger partial charge in [-0.1, -0.05) is 37.3 Å². The number of carbonyl (C=O) groups is 1. The molecule has 2 heteroatoms. The van der Waals surface area contributed by atoms with Gasteiger partial charge in [-0.05, 0) is 12.0 Å². The van der Waals surface area contributed by atoms with E-state index in [2.05, 4.69) is 13.5 Å². The summed E-state index contributed by atoms with van der Waals surface area (Å²) in [6.07, 6.45) is 2.62. The molecule has 0 aliphatic carbocycles. The molecule has 0 saturated carbocycles. The van der Waals surface area contributed by atoms with Crippen molar-refractivity contribution in [2.75, 3.05) is 13.2 Å². The zero-order valence-electron chi connectivity index (χ0n) is 9.03. The van der Waals surface area contributed by atoms with E-state index in [0.717, 1.165) is 6.42 Å². The van der Waals surface area contributed by atoms with E-state index in [-0.39, 0.29) is 12.4 Å². The molecule has 0 aromatic heterocycles. The number of rotatable bonds is 6. The molecule has 0 radical (unpaired) electrons. The van der Waals surface area contributed by atoms with Gasteiger partial charge in [0, 0.05) is 5.56 Å². The van der Waals surface area contributed by atoms with Gasteiger partial charge in [-0.2, -0.15) is 0 Å². The maximum absolute atomic E-state index is 11.6. The third-order valence-corrected chi connectivity index (χ3v) is 2.15. The van der Waals surface area contributed by atoms with Gasteiger partial charge in [0.15, 0.2) is 5.78 Å². The standard InChI is InChI=1S/C13H16O2/c1-3-9-15-10-13(14)12-7-5-11(4-2)6-8-12/h3,5-8H,1,4,9-10H2,2H3. The minimum absolute atomic E-state index is 0.0134. The van der Waals surface area contributed by atoms with E-state index in [1.54, 1.807) is 6.08 Å². The van der Waals surface area contributed by atoms with Crippen LogP contribution in [0.15, 0.2) is 36.9 Å². The van der Waals surface area contributed by atoms with Crippen molar-refractivity contribution >= 4 is 5.78 Å². The Labute approximate surface area is 90.6 Å². The van der Waals surface area contributed by atoms with Crippen LogP contribution in [0.25, 0.3) is 0 Å². The van der Waals surface area contributed by atoms with Crippen LogP contribution < -0.4 is 0 Å². The molecule has 0 saturated heterocycles. The van der Waals surface area contributed by atoms with E-state index >= 15 is 0 Å². The highest BCUT2D eigenvalue weighted by atomic mass is 16.5. The first-order valence-electron chi connectivity index (χ1n) is 5.08. The minimum atomic E-state index is 0.0134. The molecule has 15 heavy (non-hydrogen) atoms. The Hall–Kier alpha value is -1.41. The van der Waals surface area contributed by atoms with Crippen molar-refractivity contribution in [1.82, 2.24) is 0 Å². The second kappa shape index (κ2) is 6.14. The summed E-state index contributed by atoms with van der Waals surface area (Å²) in [6.45, 7) is 6.14. The maximum Gasteiger partial charge on any atom is 0.188 e. The molecule has 0 atom stereocenters. The van der Waals surface area contributed by atoms with Gasteiger partial charge in [-0.25, -0.2) is 0 Å². The van der Waals surface area contributed by atoms with Crippen molar-refractivity contribution in [1.29, 1.82) is 0 Å². The molecule has 1 aromatic rings. The number of hydrogen-bond donors (Lipinski definition) is 0. The van der Waals surface area contributed by atoms with E-state index in [9.17, 15) is 4.79 Å². The molecule has 0 N–H and O–H groups in total. The van der Waals surface area contributed by atoms with Crippen LogP contribution in [0, 0.1) is 0 Å². The van der Waals surface area contributed by atoms with Gasteiger partial charge in [0.05, 0.1) is 6.61 Å². The van der Waals surface area contributed by atoms with Crippen LogP contribution in [0.4, 0.5) is 0 Å². The minimum Gasteiger partial charge on any atom is -0.369 e. The normalized spacial score (nSPS) is 9.93. The van der Waals surface area contributed by atoms with Crippen LogP contribution in [0.2, 0.25) is 0 Å². The summed E-state index contributed by atoms with van der Waals surface area (Å²) in [6, 6.07) is 7.64. The lowest BCUT2D eigenvalue weighted by molar-refractivity contribution is 0.0806. The average Bonchev–Trinajstić information content (AvgIpc) is 2.29. The summed E-state index contributed by atoms with van der Waals surface area (Å²) < 4.78 is 5.09. The fourth-order valence-corrected chi connectivity index (χ4v) is 1.24. The number of ketones is 1. The number of Topliss-reactive ketones (excluding diaryl/α,β-unsaturated/α-hetero) is 1. The number of hydrogen-bond acceptors (Lipinski definition) is 2. The topological polar surface area (TPSA) is 26.3 Å². The lowest BCUT2D eigenvalue weighted by atomic mass is 10.1. The Balaban J connectivity index is 2.54. The van der Waals surface area contributed by atoms with Gasteiger partial charge in [0.1, 0.15) is 6.61 Å². The van der Waals surface area contributed by atoms with Gasteiger partial charge in [0.2, 0.25) is 0 Å². The summed E-state index contributed by atoms with van der Waals surface area (Å²) in [5, 5.41) is 0. The highest BCUT2D eigenvalue weighted by molar-refractivity contribution is 5.97. The third-order valence-electron chi connectivity index (χ3n) is 2.15. The van der Waals surface area contributed by atoms with Gasteiger partial charge in [0.25, 0.3) is 0 Å². The van der Waals surface area contributed by atoms with Crippen molar-refractivity contribution in [2.24, 2.45) is 0 Å². The van der Waals surface area contributed by atoms with E-state index in [0.29, 0.717) is 12.2 Å². The number of benzene rings is 1. The molecule has 0 spiro atoms. The zero-order chi connectivity index (χ0) is 11.1. The molecular weight excluding hydrogens is 188 g/mol. The van der Waals surface area contributed by atoms with Crippen LogP contribution in [0.3, 0.4) is 0 Å². The molecular formula is C13H16O2. The van der Waals surface area contributed by atoms with Crippen LogP contribution in [0.5, 0.6) is 0 Å². The molecule has 0 aliphatic rings. The van der Waals surface area contributed by atoms with E-state index < -0.39 is 0 Å². The van der Waals surface area contributed by atoms with Crippen LogP contribution in [-0.4, -0.2) is 19.0 Å². The van der Waals surface area contributed by atoms with Crippen molar-refractivity contribution in [2.45, 2.75) is 13.3 Å². The average molecular weight is 204 g/mol. The molecule has 0 fully saturated rings. The lowest BCUT2D eigenvalue weighted by Gasteiger charge is -2.02. The Morgan fingerprint density at radius 3 is 2.60 bits per heavy atom. The SMILES string of the molecule is C=CCOCC(=O)c1ccc(CC)cc1. The Kier molecular flexibility index (Phi) is 4.78. The number of aryl methyl sites for hydroxylation is 1. The smallest absolute Gasteiger partial charge is 0.188 e. The van der Waals surface area contributed by atoms with E-state index in [1.807, 2.05) is 24.3 Å². The quantitative estimate of drug-likeness (QED) is 0.404. The summed E-state index contributed by atoms with van der Waals surface area (Å²) in [5.41, 5.74) is 1.94. The fraction of sp³-hybridized carbons (Fsp3) is 0.308. The lowest BCUT2D eigenvalue weighted by Crippen LogP contribution is -2.09. The van der Waals surface area contributed by atoms with E-state index in [1.165, 1.54) is 5.56 Å². The maximum atomic E-state index is 11.6. The molecule has 2 nitrogen and oxygen atoms in total. The Morgan fingerprint density at radius 1 is 1.40 bits per heavy atom. The molecule has 0 heterocycles. The zero-order valence-corrected chi connectivity index (χ0v) is 9.03. The first kappa shape index (κ1) is 11.7.